The SMILES string of the molecule is CCCCCCCCCCCCCCCCCCP(=O)(O)Oc1ccc(C)cc1C(C)(C)C. The molecule has 33 heavy (non-hydrogen) atoms. The lowest BCUT2D eigenvalue weighted by molar-refractivity contribution is 0.372. The van der Waals surface area contributed by atoms with Crippen LogP contribution in [0.1, 0.15) is 142 Å². The second kappa shape index (κ2) is 16.8. The molecule has 1 N–H and O–H groups in total. The van der Waals surface area contributed by atoms with Crippen LogP contribution in [-0.4, -0.2) is 11.1 Å². The summed E-state index contributed by atoms with van der Waals surface area (Å²) in [5.41, 5.74) is 2.00. The topological polar surface area (TPSA) is 46.5 Å². The predicted octanol–water partition coefficient (Wildman–Crippen LogP) is 10.1. The zero-order valence-corrected chi connectivity index (χ0v) is 23.4. The molecular formula is C29H53O3P. The van der Waals surface area contributed by atoms with E-state index in [1.807, 2.05) is 19.1 Å². The highest BCUT2D eigenvalue weighted by Gasteiger charge is 2.25. The lowest BCUT2D eigenvalue weighted by atomic mass is 9.85. The molecule has 1 unspecified atom stereocenters. The van der Waals surface area contributed by atoms with Crippen LogP contribution in [0.2, 0.25) is 0 Å². The minimum absolute atomic E-state index is 0.129. The molecule has 0 aromatic heterocycles. The average Bonchev–Trinajstić information content (AvgIpc) is 2.74. The minimum Gasteiger partial charge on any atom is -0.424 e. The smallest absolute Gasteiger partial charge is 0.376 e. The van der Waals surface area contributed by atoms with E-state index in [-0.39, 0.29) is 11.6 Å². The molecule has 3 nitrogen and oxygen atoms in total. The van der Waals surface area contributed by atoms with E-state index in [0.717, 1.165) is 30.4 Å². The van der Waals surface area contributed by atoms with Gasteiger partial charge in [0.25, 0.3) is 0 Å². The number of benzene rings is 1. The van der Waals surface area contributed by atoms with Crippen LogP contribution in [0.3, 0.4) is 0 Å². The maximum atomic E-state index is 12.6. The van der Waals surface area contributed by atoms with Gasteiger partial charge in [0.2, 0.25) is 0 Å². The second-order valence-corrected chi connectivity index (χ2v) is 12.9. The van der Waals surface area contributed by atoms with Crippen LogP contribution in [0, 0.1) is 6.92 Å². The van der Waals surface area contributed by atoms with E-state index in [4.69, 9.17) is 4.52 Å². The molecule has 0 aliphatic rings. The van der Waals surface area contributed by atoms with Crippen molar-refractivity contribution in [3.8, 4) is 5.75 Å². The third kappa shape index (κ3) is 14.9. The molecule has 4 heteroatoms. The van der Waals surface area contributed by atoms with Gasteiger partial charge in [0, 0.05) is 5.56 Å². The molecule has 1 aromatic rings. The first kappa shape index (κ1) is 30.2. The van der Waals surface area contributed by atoms with Crippen molar-refractivity contribution < 1.29 is 14.0 Å². The zero-order valence-electron chi connectivity index (χ0n) is 22.5. The Kier molecular flexibility index (Phi) is 15.4. The Balaban J connectivity index is 2.08. The van der Waals surface area contributed by atoms with E-state index in [1.165, 1.54) is 83.5 Å². The fourth-order valence-corrected chi connectivity index (χ4v) is 5.55. The summed E-state index contributed by atoms with van der Waals surface area (Å²) in [6, 6.07) is 5.84. The third-order valence-corrected chi connectivity index (χ3v) is 7.84. The van der Waals surface area contributed by atoms with Crippen molar-refractivity contribution in [1.29, 1.82) is 0 Å². The third-order valence-electron chi connectivity index (χ3n) is 6.48. The molecule has 0 heterocycles. The van der Waals surface area contributed by atoms with Gasteiger partial charge < -0.3 is 9.42 Å². The molecule has 0 saturated heterocycles. The van der Waals surface area contributed by atoms with Crippen molar-refractivity contribution >= 4 is 7.60 Å². The first-order valence-electron chi connectivity index (χ1n) is 13.8. The molecule has 192 valence electrons. The van der Waals surface area contributed by atoms with Gasteiger partial charge in [-0.05, 0) is 24.8 Å². The second-order valence-electron chi connectivity index (χ2n) is 11.0. The summed E-state index contributed by atoms with van der Waals surface area (Å²) in [6.07, 6.45) is 21.0. The van der Waals surface area contributed by atoms with Crippen LogP contribution in [0.5, 0.6) is 5.75 Å². The predicted molar refractivity (Wildman–Crippen MR) is 145 cm³/mol. The Labute approximate surface area is 205 Å². The van der Waals surface area contributed by atoms with Crippen molar-refractivity contribution in [3.63, 3.8) is 0 Å². The van der Waals surface area contributed by atoms with E-state index in [1.54, 1.807) is 0 Å². The van der Waals surface area contributed by atoms with Crippen molar-refractivity contribution in [2.24, 2.45) is 0 Å². The molecule has 0 spiro atoms. The van der Waals surface area contributed by atoms with E-state index < -0.39 is 7.60 Å². The number of hydrogen-bond donors (Lipinski definition) is 1. The van der Waals surface area contributed by atoms with Gasteiger partial charge in [0.05, 0.1) is 6.16 Å². The van der Waals surface area contributed by atoms with Crippen LogP contribution in [0.25, 0.3) is 0 Å². The lowest BCUT2D eigenvalue weighted by Gasteiger charge is -2.24. The summed E-state index contributed by atoms with van der Waals surface area (Å²) >= 11 is 0. The van der Waals surface area contributed by atoms with Crippen molar-refractivity contribution in [2.45, 2.75) is 143 Å². The Morgan fingerprint density at radius 2 is 1.18 bits per heavy atom. The summed E-state index contributed by atoms with van der Waals surface area (Å²) in [4.78, 5) is 10.4. The van der Waals surface area contributed by atoms with E-state index in [0.29, 0.717) is 5.75 Å². The fourth-order valence-electron chi connectivity index (χ4n) is 4.37. The highest BCUT2D eigenvalue weighted by atomic mass is 31.2. The van der Waals surface area contributed by atoms with Gasteiger partial charge in [-0.1, -0.05) is 142 Å². The van der Waals surface area contributed by atoms with Crippen molar-refractivity contribution in [2.75, 3.05) is 6.16 Å². The average molecular weight is 481 g/mol. The maximum absolute atomic E-state index is 12.6. The highest BCUT2D eigenvalue weighted by molar-refractivity contribution is 7.53. The van der Waals surface area contributed by atoms with Crippen molar-refractivity contribution in [1.82, 2.24) is 0 Å². The minimum atomic E-state index is -3.61. The van der Waals surface area contributed by atoms with Gasteiger partial charge in [-0.15, -0.1) is 0 Å². The fraction of sp³-hybridized carbons (Fsp3) is 0.793. The van der Waals surface area contributed by atoms with Crippen LogP contribution in [-0.2, 0) is 9.98 Å². The van der Waals surface area contributed by atoms with Gasteiger partial charge in [-0.25, -0.2) is 4.57 Å². The van der Waals surface area contributed by atoms with E-state index >= 15 is 0 Å². The Bertz CT molecular complexity index is 678. The van der Waals surface area contributed by atoms with Gasteiger partial charge >= 0.3 is 7.60 Å². The molecule has 0 radical (unpaired) electrons. The summed E-state index contributed by atoms with van der Waals surface area (Å²) < 4.78 is 18.3. The molecular weight excluding hydrogens is 427 g/mol. The molecule has 0 aliphatic heterocycles. The van der Waals surface area contributed by atoms with Gasteiger partial charge in [-0.3, -0.25) is 0 Å². The summed E-state index contributed by atoms with van der Waals surface area (Å²) in [6.45, 7) is 10.6. The highest BCUT2D eigenvalue weighted by Crippen LogP contribution is 2.46. The van der Waals surface area contributed by atoms with E-state index in [2.05, 4.69) is 33.8 Å². The van der Waals surface area contributed by atoms with Crippen LogP contribution >= 0.6 is 7.60 Å². The molecule has 1 aromatic carbocycles. The number of unbranched alkanes of at least 4 members (excludes halogenated alkanes) is 15. The summed E-state index contributed by atoms with van der Waals surface area (Å²) in [5, 5.41) is 0. The summed E-state index contributed by atoms with van der Waals surface area (Å²) in [7, 11) is -3.61. The number of hydrogen-bond acceptors (Lipinski definition) is 2. The molecule has 1 rings (SSSR count). The normalized spacial score (nSPS) is 13.8. The monoisotopic (exact) mass is 480 g/mol. The van der Waals surface area contributed by atoms with Gasteiger partial charge in [0.15, 0.2) is 0 Å². The molecule has 1 atom stereocenters. The van der Waals surface area contributed by atoms with Crippen molar-refractivity contribution in [3.05, 3.63) is 29.3 Å². The summed E-state index contributed by atoms with van der Waals surface area (Å²) in [5.74, 6) is 0.551. The molecule has 0 bridgehead atoms. The lowest BCUT2D eigenvalue weighted by Crippen LogP contribution is -2.13. The van der Waals surface area contributed by atoms with Gasteiger partial charge in [-0.2, -0.15) is 0 Å². The molecule has 0 fully saturated rings. The van der Waals surface area contributed by atoms with Crippen LogP contribution < -0.4 is 4.52 Å². The standard InChI is InChI=1S/C29H53O3P/c1-6-7-8-9-10-11-12-13-14-15-16-17-18-19-20-21-24-33(30,31)32-28-23-22-26(2)25-27(28)29(3,4)5/h22-23,25H,6-21,24H2,1-5H3,(H,30,31). The number of aryl methyl sites for hydroxylation is 1. The van der Waals surface area contributed by atoms with Crippen LogP contribution in [0.15, 0.2) is 18.2 Å². The Hall–Kier alpha value is -0.790. The zero-order chi connectivity index (χ0) is 24.6. The van der Waals surface area contributed by atoms with Gasteiger partial charge in [0.1, 0.15) is 5.75 Å². The first-order chi connectivity index (χ1) is 15.7. The molecule has 0 saturated carbocycles. The van der Waals surface area contributed by atoms with E-state index in [9.17, 15) is 9.46 Å². The maximum Gasteiger partial charge on any atom is 0.376 e. The molecule has 0 aliphatic carbocycles. The molecule has 0 amide bonds. The first-order valence-corrected chi connectivity index (χ1v) is 15.5. The quantitative estimate of drug-likeness (QED) is 0.158. The van der Waals surface area contributed by atoms with Crippen LogP contribution in [0.4, 0.5) is 0 Å². The Morgan fingerprint density at radius 3 is 1.61 bits per heavy atom. The Morgan fingerprint density at radius 1 is 0.758 bits per heavy atom. The largest absolute Gasteiger partial charge is 0.424 e. The number of rotatable bonds is 19.